The van der Waals surface area contributed by atoms with E-state index in [-0.39, 0.29) is 5.91 Å². The molecule has 1 aromatic rings. The van der Waals surface area contributed by atoms with Crippen molar-refractivity contribution in [1.82, 2.24) is 9.88 Å². The lowest BCUT2D eigenvalue weighted by Gasteiger charge is -2.27. The number of aromatic nitrogens is 1. The zero-order valence-corrected chi connectivity index (χ0v) is 12.3. The molecular weight excluding hydrogens is 254 g/mol. The van der Waals surface area contributed by atoms with E-state index in [0.717, 1.165) is 36.5 Å². The summed E-state index contributed by atoms with van der Waals surface area (Å²) in [5, 5.41) is 3.26. The predicted molar refractivity (Wildman–Crippen MR) is 79.1 cm³/mol. The molecular formula is C15H23N3O2. The molecule has 1 amide bonds. The van der Waals surface area contributed by atoms with Crippen LogP contribution in [-0.2, 0) is 11.2 Å². The third-order valence-electron chi connectivity index (χ3n) is 3.34. The van der Waals surface area contributed by atoms with E-state index in [0.29, 0.717) is 26.3 Å². The summed E-state index contributed by atoms with van der Waals surface area (Å²) in [5.74, 6) is 0.868. The second-order valence-electron chi connectivity index (χ2n) is 4.92. The van der Waals surface area contributed by atoms with Crippen LogP contribution in [0.25, 0.3) is 0 Å². The Balaban J connectivity index is 2.18. The Hall–Kier alpha value is -1.62. The molecule has 5 heteroatoms. The van der Waals surface area contributed by atoms with Crippen molar-refractivity contribution in [1.29, 1.82) is 0 Å². The van der Waals surface area contributed by atoms with Crippen LogP contribution in [-0.4, -0.2) is 48.6 Å². The van der Waals surface area contributed by atoms with Crippen LogP contribution in [0.1, 0.15) is 36.3 Å². The Morgan fingerprint density at radius 1 is 1.35 bits per heavy atom. The zero-order chi connectivity index (χ0) is 14.4. The minimum atomic E-state index is 0.0740. The molecule has 0 unspecified atom stereocenters. The van der Waals surface area contributed by atoms with Gasteiger partial charge in [-0.3, -0.25) is 4.79 Å². The molecule has 1 aliphatic rings. The average Bonchev–Trinajstić information content (AvgIpc) is 2.52. The van der Waals surface area contributed by atoms with E-state index >= 15 is 0 Å². The van der Waals surface area contributed by atoms with E-state index in [1.54, 1.807) is 0 Å². The number of aryl methyl sites for hydroxylation is 1. The van der Waals surface area contributed by atoms with Gasteiger partial charge in [-0.25, -0.2) is 4.98 Å². The fourth-order valence-electron chi connectivity index (χ4n) is 2.18. The minimum absolute atomic E-state index is 0.0740. The minimum Gasteiger partial charge on any atom is -0.378 e. The number of nitrogens with zero attached hydrogens (tertiary/aromatic N) is 2. The van der Waals surface area contributed by atoms with E-state index < -0.39 is 0 Å². The normalized spacial score (nSPS) is 15.2. The molecule has 0 aromatic carbocycles. The van der Waals surface area contributed by atoms with Gasteiger partial charge >= 0.3 is 0 Å². The van der Waals surface area contributed by atoms with Crippen LogP contribution in [0, 0.1) is 0 Å². The van der Waals surface area contributed by atoms with Crippen molar-refractivity contribution in [2.45, 2.75) is 26.7 Å². The number of pyridine rings is 1. The molecule has 20 heavy (non-hydrogen) atoms. The first-order valence-corrected chi connectivity index (χ1v) is 7.36. The highest BCUT2D eigenvalue weighted by molar-refractivity contribution is 5.95. The Bertz CT molecular complexity index is 456. The number of morpholine rings is 1. The maximum atomic E-state index is 12.5. The quantitative estimate of drug-likeness (QED) is 0.893. The van der Waals surface area contributed by atoms with Crippen molar-refractivity contribution < 1.29 is 9.53 Å². The fourth-order valence-corrected chi connectivity index (χ4v) is 2.18. The Kier molecular flexibility index (Phi) is 5.35. The maximum absolute atomic E-state index is 12.5. The Morgan fingerprint density at radius 2 is 2.10 bits per heavy atom. The van der Waals surface area contributed by atoms with Crippen LogP contribution in [0.3, 0.4) is 0 Å². The van der Waals surface area contributed by atoms with Gasteiger partial charge in [0.2, 0.25) is 0 Å². The number of ether oxygens (including phenoxy) is 1. The molecule has 2 heterocycles. The first kappa shape index (κ1) is 14.8. The van der Waals surface area contributed by atoms with Crippen LogP contribution in [0.2, 0.25) is 0 Å². The van der Waals surface area contributed by atoms with Crippen molar-refractivity contribution in [2.75, 3.05) is 38.2 Å². The molecule has 1 N–H and O–H groups in total. The summed E-state index contributed by atoms with van der Waals surface area (Å²) < 4.78 is 5.29. The summed E-state index contributed by atoms with van der Waals surface area (Å²) in [5.41, 5.74) is 1.67. The molecule has 110 valence electrons. The van der Waals surface area contributed by atoms with Crippen molar-refractivity contribution in [3.8, 4) is 0 Å². The van der Waals surface area contributed by atoms with Gasteiger partial charge in [-0.05, 0) is 25.0 Å². The van der Waals surface area contributed by atoms with Crippen LogP contribution < -0.4 is 5.32 Å². The van der Waals surface area contributed by atoms with E-state index in [1.807, 2.05) is 17.0 Å². The summed E-state index contributed by atoms with van der Waals surface area (Å²) in [4.78, 5) is 18.9. The standard InChI is InChI=1S/C15H23N3O2/c1-3-5-16-14-11-12(10-13(4-2)17-14)15(19)18-6-8-20-9-7-18/h10-11H,3-9H2,1-2H3,(H,16,17). The van der Waals surface area contributed by atoms with Crippen LogP contribution >= 0.6 is 0 Å². The van der Waals surface area contributed by atoms with Crippen molar-refractivity contribution in [2.24, 2.45) is 0 Å². The number of nitrogens with one attached hydrogen (secondary N) is 1. The summed E-state index contributed by atoms with van der Waals surface area (Å²) >= 11 is 0. The molecule has 0 bridgehead atoms. The average molecular weight is 277 g/mol. The monoisotopic (exact) mass is 277 g/mol. The van der Waals surface area contributed by atoms with E-state index in [1.165, 1.54) is 0 Å². The number of amides is 1. The van der Waals surface area contributed by atoms with Crippen molar-refractivity contribution in [3.63, 3.8) is 0 Å². The first-order chi connectivity index (χ1) is 9.74. The van der Waals surface area contributed by atoms with E-state index in [2.05, 4.69) is 24.1 Å². The molecule has 1 aromatic heterocycles. The molecule has 0 radical (unpaired) electrons. The Morgan fingerprint density at radius 3 is 2.75 bits per heavy atom. The van der Waals surface area contributed by atoms with Gasteiger partial charge in [0.05, 0.1) is 13.2 Å². The van der Waals surface area contributed by atoms with Gasteiger partial charge in [-0.1, -0.05) is 13.8 Å². The number of carbonyl (C=O) groups excluding carboxylic acids is 1. The predicted octanol–water partition coefficient (Wildman–Crippen LogP) is 1.94. The van der Waals surface area contributed by atoms with Gasteiger partial charge in [0, 0.05) is 30.9 Å². The Labute approximate surface area is 120 Å². The SMILES string of the molecule is CCCNc1cc(C(=O)N2CCOCC2)cc(CC)n1. The third-order valence-corrected chi connectivity index (χ3v) is 3.34. The maximum Gasteiger partial charge on any atom is 0.254 e. The lowest BCUT2D eigenvalue weighted by Crippen LogP contribution is -2.40. The van der Waals surface area contributed by atoms with Crippen molar-refractivity contribution >= 4 is 11.7 Å². The van der Waals surface area contributed by atoms with Gasteiger partial charge < -0.3 is 15.0 Å². The molecule has 0 aliphatic carbocycles. The van der Waals surface area contributed by atoms with E-state index in [9.17, 15) is 4.79 Å². The smallest absolute Gasteiger partial charge is 0.254 e. The fraction of sp³-hybridized carbons (Fsp3) is 0.600. The summed E-state index contributed by atoms with van der Waals surface area (Å²) in [6.07, 6.45) is 1.86. The number of carbonyl (C=O) groups is 1. The molecule has 0 atom stereocenters. The summed E-state index contributed by atoms with van der Waals surface area (Å²) in [7, 11) is 0. The first-order valence-electron chi connectivity index (χ1n) is 7.36. The van der Waals surface area contributed by atoms with Gasteiger partial charge in [0.25, 0.3) is 5.91 Å². The van der Waals surface area contributed by atoms with Crippen LogP contribution in [0.15, 0.2) is 12.1 Å². The van der Waals surface area contributed by atoms with Gasteiger partial charge in [-0.15, -0.1) is 0 Å². The van der Waals surface area contributed by atoms with Gasteiger partial charge in [-0.2, -0.15) is 0 Å². The lowest BCUT2D eigenvalue weighted by atomic mass is 10.1. The number of hydrogen-bond acceptors (Lipinski definition) is 4. The largest absolute Gasteiger partial charge is 0.378 e. The molecule has 1 fully saturated rings. The molecule has 2 rings (SSSR count). The molecule has 1 aliphatic heterocycles. The molecule has 5 nitrogen and oxygen atoms in total. The topological polar surface area (TPSA) is 54.5 Å². The van der Waals surface area contributed by atoms with Crippen LogP contribution in [0.5, 0.6) is 0 Å². The number of anilines is 1. The van der Waals surface area contributed by atoms with Gasteiger partial charge in [0.1, 0.15) is 5.82 Å². The summed E-state index contributed by atoms with van der Waals surface area (Å²) in [6, 6.07) is 3.75. The molecule has 0 saturated carbocycles. The second-order valence-corrected chi connectivity index (χ2v) is 4.92. The molecule has 1 saturated heterocycles. The highest BCUT2D eigenvalue weighted by Gasteiger charge is 2.19. The van der Waals surface area contributed by atoms with E-state index in [4.69, 9.17) is 4.74 Å². The van der Waals surface area contributed by atoms with Crippen LogP contribution in [0.4, 0.5) is 5.82 Å². The highest BCUT2D eigenvalue weighted by Crippen LogP contribution is 2.14. The summed E-state index contributed by atoms with van der Waals surface area (Å²) in [6.45, 7) is 7.61. The van der Waals surface area contributed by atoms with Gasteiger partial charge in [0.15, 0.2) is 0 Å². The number of hydrogen-bond donors (Lipinski definition) is 1. The number of rotatable bonds is 5. The molecule has 0 spiro atoms. The third kappa shape index (κ3) is 3.70. The van der Waals surface area contributed by atoms with Crippen molar-refractivity contribution in [3.05, 3.63) is 23.4 Å². The second kappa shape index (κ2) is 7.24. The highest BCUT2D eigenvalue weighted by atomic mass is 16.5. The lowest BCUT2D eigenvalue weighted by molar-refractivity contribution is 0.0303. The zero-order valence-electron chi connectivity index (χ0n) is 12.3.